The van der Waals surface area contributed by atoms with Crippen molar-refractivity contribution in [1.82, 2.24) is 30.2 Å². The Kier molecular flexibility index (Phi) is 3.58. The summed E-state index contributed by atoms with van der Waals surface area (Å²) in [4.78, 5) is 21.0. The minimum Gasteiger partial charge on any atom is -0.337 e. The van der Waals surface area contributed by atoms with Gasteiger partial charge in [0, 0.05) is 12.1 Å². The lowest BCUT2D eigenvalue weighted by Gasteiger charge is -2.02. The standard InChI is InChI=1S/C15H14N6O2.ClH/c22-15-8-2-1-3-17-11(8)6-18-21(15)7-12-19-14(20-23-12)13-9-4-16-5-10(9)13;/h1-3,6,9-10,13,16H,4-5,7H2;1H/t9-,10+,13?;. The monoisotopic (exact) mass is 346 g/mol. The van der Waals surface area contributed by atoms with Gasteiger partial charge < -0.3 is 9.84 Å². The Morgan fingerprint density at radius 2 is 2.17 bits per heavy atom. The Morgan fingerprint density at radius 3 is 3.00 bits per heavy atom. The Bertz CT molecular complexity index is 944. The first-order valence-corrected chi connectivity index (χ1v) is 7.65. The van der Waals surface area contributed by atoms with Crippen molar-refractivity contribution in [2.75, 3.05) is 13.1 Å². The van der Waals surface area contributed by atoms with Gasteiger partial charge in [0.15, 0.2) is 5.82 Å². The molecule has 0 bridgehead atoms. The second-order valence-corrected chi connectivity index (χ2v) is 6.10. The van der Waals surface area contributed by atoms with Crippen LogP contribution in [0.5, 0.6) is 0 Å². The van der Waals surface area contributed by atoms with Crippen LogP contribution >= 0.6 is 12.4 Å². The van der Waals surface area contributed by atoms with E-state index in [1.165, 1.54) is 4.68 Å². The van der Waals surface area contributed by atoms with Gasteiger partial charge in [-0.1, -0.05) is 5.16 Å². The van der Waals surface area contributed by atoms with Crippen molar-refractivity contribution < 1.29 is 4.52 Å². The van der Waals surface area contributed by atoms with Crippen molar-refractivity contribution >= 4 is 23.3 Å². The summed E-state index contributed by atoms with van der Waals surface area (Å²) in [5.74, 6) is 2.84. The largest absolute Gasteiger partial charge is 0.337 e. The smallest absolute Gasteiger partial charge is 0.276 e. The number of halogens is 1. The molecule has 1 saturated carbocycles. The lowest BCUT2D eigenvalue weighted by Crippen LogP contribution is -2.23. The zero-order valence-electron chi connectivity index (χ0n) is 12.6. The second-order valence-electron chi connectivity index (χ2n) is 6.10. The van der Waals surface area contributed by atoms with E-state index in [-0.39, 0.29) is 24.5 Å². The molecule has 24 heavy (non-hydrogen) atoms. The molecule has 0 spiro atoms. The third-order valence-corrected chi connectivity index (χ3v) is 4.78. The summed E-state index contributed by atoms with van der Waals surface area (Å²) in [6, 6.07) is 3.47. The highest BCUT2D eigenvalue weighted by Gasteiger charge is 2.55. The van der Waals surface area contributed by atoms with Crippen LogP contribution < -0.4 is 10.9 Å². The van der Waals surface area contributed by atoms with Crippen molar-refractivity contribution in [3.63, 3.8) is 0 Å². The molecular weight excluding hydrogens is 332 g/mol. The van der Waals surface area contributed by atoms with Gasteiger partial charge in [-0.05, 0) is 37.1 Å². The van der Waals surface area contributed by atoms with Gasteiger partial charge in [-0.25, -0.2) is 4.68 Å². The van der Waals surface area contributed by atoms with E-state index in [2.05, 4.69) is 25.5 Å². The Labute approximate surface area is 142 Å². The van der Waals surface area contributed by atoms with Crippen LogP contribution in [0.4, 0.5) is 0 Å². The van der Waals surface area contributed by atoms with Crippen LogP contribution in [0.1, 0.15) is 17.6 Å². The summed E-state index contributed by atoms with van der Waals surface area (Å²) in [7, 11) is 0. The van der Waals surface area contributed by atoms with E-state index in [0.29, 0.717) is 34.5 Å². The summed E-state index contributed by atoms with van der Waals surface area (Å²) in [5.41, 5.74) is 0.376. The molecule has 0 amide bonds. The van der Waals surface area contributed by atoms with E-state index in [1.54, 1.807) is 24.5 Å². The van der Waals surface area contributed by atoms with Crippen molar-refractivity contribution in [2.45, 2.75) is 12.5 Å². The highest BCUT2D eigenvalue weighted by Crippen LogP contribution is 2.54. The van der Waals surface area contributed by atoms with Gasteiger partial charge >= 0.3 is 0 Å². The van der Waals surface area contributed by atoms with Crippen molar-refractivity contribution in [1.29, 1.82) is 0 Å². The molecule has 124 valence electrons. The molecule has 4 heterocycles. The van der Waals surface area contributed by atoms with E-state index in [0.717, 1.165) is 18.9 Å². The zero-order valence-corrected chi connectivity index (χ0v) is 13.4. The predicted molar refractivity (Wildman–Crippen MR) is 87.0 cm³/mol. The van der Waals surface area contributed by atoms with Crippen molar-refractivity contribution in [2.24, 2.45) is 11.8 Å². The van der Waals surface area contributed by atoms with Crippen LogP contribution in [0.3, 0.4) is 0 Å². The molecule has 0 aromatic carbocycles. The van der Waals surface area contributed by atoms with Crippen LogP contribution in [-0.2, 0) is 6.54 Å². The van der Waals surface area contributed by atoms with Crippen LogP contribution in [-0.4, -0.2) is 38.0 Å². The molecule has 1 N–H and O–H groups in total. The highest BCUT2D eigenvalue weighted by molar-refractivity contribution is 5.85. The van der Waals surface area contributed by atoms with E-state index in [1.807, 2.05) is 0 Å². The zero-order chi connectivity index (χ0) is 15.4. The Morgan fingerprint density at radius 1 is 1.33 bits per heavy atom. The fourth-order valence-corrected chi connectivity index (χ4v) is 3.53. The number of rotatable bonds is 3. The highest BCUT2D eigenvalue weighted by atomic mass is 35.5. The van der Waals surface area contributed by atoms with Crippen LogP contribution in [0.25, 0.3) is 10.9 Å². The maximum absolute atomic E-state index is 12.4. The Hall–Kier alpha value is -2.32. The van der Waals surface area contributed by atoms with Crippen molar-refractivity contribution in [3.8, 4) is 0 Å². The molecule has 1 aliphatic heterocycles. The number of aromatic nitrogens is 5. The van der Waals surface area contributed by atoms with Gasteiger partial charge in [0.25, 0.3) is 5.56 Å². The fourth-order valence-electron chi connectivity index (χ4n) is 3.53. The predicted octanol–water partition coefficient (Wildman–Crippen LogP) is 0.577. The molecule has 9 heteroatoms. The number of nitrogens with zero attached hydrogens (tertiary/aromatic N) is 5. The molecule has 3 aromatic heterocycles. The topological polar surface area (TPSA) is 98.7 Å². The van der Waals surface area contributed by atoms with Gasteiger partial charge in [-0.3, -0.25) is 9.78 Å². The Balaban J connectivity index is 0.00000146. The van der Waals surface area contributed by atoms with E-state index >= 15 is 0 Å². The number of hydrogen-bond donors (Lipinski definition) is 1. The summed E-state index contributed by atoms with van der Waals surface area (Å²) in [5, 5.41) is 12.1. The molecule has 2 fully saturated rings. The summed E-state index contributed by atoms with van der Waals surface area (Å²) < 4.78 is 6.64. The molecule has 3 aromatic rings. The van der Waals surface area contributed by atoms with Gasteiger partial charge in [-0.15, -0.1) is 12.4 Å². The van der Waals surface area contributed by atoms with Gasteiger partial charge in [0.1, 0.15) is 6.54 Å². The first-order chi connectivity index (χ1) is 11.3. The van der Waals surface area contributed by atoms with E-state index in [4.69, 9.17) is 4.52 Å². The average Bonchev–Trinajstić information content (AvgIpc) is 2.96. The van der Waals surface area contributed by atoms with Gasteiger partial charge in [0.2, 0.25) is 5.89 Å². The summed E-state index contributed by atoms with van der Waals surface area (Å²) >= 11 is 0. The number of fused-ring (bicyclic) bond motifs is 2. The number of hydrogen-bond acceptors (Lipinski definition) is 7. The molecule has 1 aliphatic carbocycles. The first kappa shape index (κ1) is 15.2. The second kappa shape index (κ2) is 5.64. The molecule has 8 nitrogen and oxygen atoms in total. The van der Waals surface area contributed by atoms with Gasteiger partial charge in [0.05, 0.1) is 17.1 Å². The summed E-state index contributed by atoms with van der Waals surface area (Å²) in [6.07, 6.45) is 3.21. The van der Waals surface area contributed by atoms with Crippen LogP contribution in [0, 0.1) is 11.8 Å². The molecule has 2 aliphatic rings. The number of pyridine rings is 1. The molecule has 0 radical (unpaired) electrons. The SMILES string of the molecule is Cl.O=c1c2cccnc2cnn1Cc1nc(C2[C@H]3CNC[C@@H]23)no1. The first-order valence-electron chi connectivity index (χ1n) is 7.65. The molecule has 1 saturated heterocycles. The summed E-state index contributed by atoms with van der Waals surface area (Å²) in [6.45, 7) is 2.23. The maximum atomic E-state index is 12.4. The molecule has 3 atom stereocenters. The van der Waals surface area contributed by atoms with E-state index < -0.39 is 0 Å². The maximum Gasteiger partial charge on any atom is 0.276 e. The molecule has 1 unspecified atom stereocenters. The number of nitrogens with one attached hydrogen (secondary N) is 1. The van der Waals surface area contributed by atoms with Crippen LogP contribution in [0.15, 0.2) is 33.8 Å². The number of piperidine rings is 1. The molecular formula is C15H15ClN6O2. The third-order valence-electron chi connectivity index (χ3n) is 4.78. The molecule has 5 rings (SSSR count). The third kappa shape index (κ3) is 2.30. The fraction of sp³-hybridized carbons (Fsp3) is 0.400. The lowest BCUT2D eigenvalue weighted by molar-refractivity contribution is 0.358. The quantitative estimate of drug-likeness (QED) is 0.740. The lowest BCUT2D eigenvalue weighted by atomic mass is 10.3. The van der Waals surface area contributed by atoms with Gasteiger partial charge in [-0.2, -0.15) is 10.1 Å². The normalized spacial score (nSPS) is 24.6. The minimum atomic E-state index is -0.206. The van der Waals surface area contributed by atoms with E-state index in [9.17, 15) is 4.79 Å². The minimum absolute atomic E-state index is 0. The van der Waals surface area contributed by atoms with Crippen LogP contribution in [0.2, 0.25) is 0 Å². The van der Waals surface area contributed by atoms with Crippen molar-refractivity contribution in [3.05, 3.63) is 46.6 Å². The average molecular weight is 347 g/mol.